The van der Waals surface area contributed by atoms with E-state index in [0.29, 0.717) is 18.5 Å². The van der Waals surface area contributed by atoms with Gasteiger partial charge in [-0.3, -0.25) is 14.5 Å². The highest BCUT2D eigenvalue weighted by molar-refractivity contribution is 5.90. The molecule has 5 nitrogen and oxygen atoms in total. The number of anilines is 1. The van der Waals surface area contributed by atoms with Crippen LogP contribution in [0.3, 0.4) is 0 Å². The number of benzene rings is 1. The highest BCUT2D eigenvalue weighted by atomic mass is 19.2. The molecule has 1 aromatic carbocycles. The highest BCUT2D eigenvalue weighted by Crippen LogP contribution is 2.40. The van der Waals surface area contributed by atoms with E-state index >= 15 is 0 Å². The van der Waals surface area contributed by atoms with Crippen molar-refractivity contribution >= 4 is 17.6 Å². The number of hydrogen-bond donors (Lipinski definition) is 1. The van der Waals surface area contributed by atoms with Crippen LogP contribution in [0.15, 0.2) is 18.2 Å². The van der Waals surface area contributed by atoms with Crippen molar-refractivity contribution in [3.05, 3.63) is 29.8 Å². The van der Waals surface area contributed by atoms with Gasteiger partial charge in [0.15, 0.2) is 11.6 Å². The molecule has 142 valence electrons. The number of nitrogens with zero attached hydrogens (tertiary/aromatic N) is 1. The topological polar surface area (TPSA) is 58.6 Å². The molecule has 1 saturated carbocycles. The molecule has 1 N–H and O–H groups in total. The molecule has 0 spiro atoms. The van der Waals surface area contributed by atoms with E-state index in [-0.39, 0.29) is 30.0 Å². The number of rotatable bonds is 5. The highest BCUT2D eigenvalue weighted by Gasteiger charge is 2.45. The summed E-state index contributed by atoms with van der Waals surface area (Å²) < 4.78 is 31.1. The number of amides is 1. The molecule has 7 heteroatoms. The fourth-order valence-corrected chi connectivity index (χ4v) is 4.27. The zero-order valence-corrected chi connectivity index (χ0v) is 14.8. The minimum atomic E-state index is -1.00. The average molecular weight is 366 g/mol. The molecule has 3 unspecified atom stereocenters. The maximum Gasteiger partial charge on any atom is 0.323 e. The second-order valence-corrected chi connectivity index (χ2v) is 7.05. The summed E-state index contributed by atoms with van der Waals surface area (Å²) in [5.41, 5.74) is 0.218. The molecule has 2 aliphatic rings. The predicted molar refractivity (Wildman–Crippen MR) is 92.5 cm³/mol. The van der Waals surface area contributed by atoms with Gasteiger partial charge in [-0.05, 0) is 37.3 Å². The van der Waals surface area contributed by atoms with Crippen LogP contribution < -0.4 is 5.32 Å². The normalized spacial score (nSPS) is 25.6. The fraction of sp³-hybridized carbons (Fsp3) is 0.579. The number of halogens is 2. The van der Waals surface area contributed by atoms with Gasteiger partial charge in [-0.2, -0.15) is 0 Å². The van der Waals surface area contributed by atoms with Crippen molar-refractivity contribution in [3.63, 3.8) is 0 Å². The van der Waals surface area contributed by atoms with E-state index in [2.05, 4.69) is 10.2 Å². The van der Waals surface area contributed by atoms with Crippen molar-refractivity contribution in [2.75, 3.05) is 19.0 Å². The van der Waals surface area contributed by atoms with E-state index in [4.69, 9.17) is 4.74 Å². The molecular weight excluding hydrogens is 342 g/mol. The van der Waals surface area contributed by atoms with Crippen LogP contribution in [0.1, 0.15) is 38.5 Å². The van der Waals surface area contributed by atoms with E-state index in [1.165, 1.54) is 19.6 Å². The van der Waals surface area contributed by atoms with Crippen molar-refractivity contribution in [2.24, 2.45) is 5.92 Å². The van der Waals surface area contributed by atoms with E-state index in [9.17, 15) is 18.4 Å². The van der Waals surface area contributed by atoms with Gasteiger partial charge in [0.05, 0.1) is 7.11 Å². The first-order valence-electron chi connectivity index (χ1n) is 9.08. The van der Waals surface area contributed by atoms with Gasteiger partial charge in [0, 0.05) is 30.8 Å². The summed E-state index contributed by atoms with van der Waals surface area (Å²) in [6.45, 7) is 0.441. The summed E-state index contributed by atoms with van der Waals surface area (Å²) in [4.78, 5) is 26.4. The van der Waals surface area contributed by atoms with Gasteiger partial charge < -0.3 is 10.1 Å². The standard InChI is InChI=1S/C19H24F2N2O3/c1-26-19(25)17-10-12-4-2-3-5-16(12)23(17)9-8-18(24)22-13-6-7-14(20)15(21)11-13/h6-7,11-12,16-17H,2-5,8-10H2,1H3,(H,22,24). The summed E-state index contributed by atoms with van der Waals surface area (Å²) in [5, 5.41) is 2.58. The second-order valence-electron chi connectivity index (χ2n) is 7.05. The second kappa shape index (κ2) is 8.12. The molecule has 3 rings (SSSR count). The lowest BCUT2D eigenvalue weighted by Crippen LogP contribution is -2.44. The molecule has 0 aromatic heterocycles. The van der Waals surface area contributed by atoms with Crippen LogP contribution in [-0.2, 0) is 14.3 Å². The Morgan fingerprint density at radius 3 is 2.73 bits per heavy atom. The van der Waals surface area contributed by atoms with E-state index in [1.807, 2.05) is 0 Å². The molecule has 1 aliphatic carbocycles. The average Bonchev–Trinajstić information content (AvgIpc) is 3.01. The summed E-state index contributed by atoms with van der Waals surface area (Å²) in [5.74, 6) is -2.02. The Kier molecular flexibility index (Phi) is 5.86. The number of carbonyl (C=O) groups excluding carboxylic acids is 2. The molecule has 1 saturated heterocycles. The lowest BCUT2D eigenvalue weighted by Gasteiger charge is -2.33. The first-order valence-corrected chi connectivity index (χ1v) is 9.08. The van der Waals surface area contributed by atoms with Crippen molar-refractivity contribution in [3.8, 4) is 0 Å². The Hall–Kier alpha value is -2.02. The van der Waals surface area contributed by atoms with Gasteiger partial charge in [-0.1, -0.05) is 12.8 Å². The van der Waals surface area contributed by atoms with Crippen LogP contribution in [-0.4, -0.2) is 42.5 Å². The Morgan fingerprint density at radius 2 is 2.00 bits per heavy atom. The Labute approximate surface area is 151 Å². The van der Waals surface area contributed by atoms with Crippen LogP contribution in [0.2, 0.25) is 0 Å². The largest absolute Gasteiger partial charge is 0.468 e. The Morgan fingerprint density at radius 1 is 1.23 bits per heavy atom. The molecule has 1 heterocycles. The van der Waals surface area contributed by atoms with E-state index in [0.717, 1.165) is 37.8 Å². The summed E-state index contributed by atoms with van der Waals surface area (Å²) in [6, 6.07) is 3.26. The molecule has 26 heavy (non-hydrogen) atoms. The Balaban J connectivity index is 1.61. The monoisotopic (exact) mass is 366 g/mol. The minimum Gasteiger partial charge on any atom is -0.468 e. The molecule has 2 fully saturated rings. The molecule has 1 aliphatic heterocycles. The van der Waals surface area contributed by atoms with Gasteiger partial charge in [0.1, 0.15) is 6.04 Å². The quantitative estimate of drug-likeness (QED) is 0.814. The van der Waals surface area contributed by atoms with Crippen molar-refractivity contribution in [1.29, 1.82) is 0 Å². The maximum absolute atomic E-state index is 13.2. The molecule has 0 bridgehead atoms. The number of hydrogen-bond acceptors (Lipinski definition) is 4. The van der Waals surface area contributed by atoms with E-state index in [1.54, 1.807) is 0 Å². The Bertz CT molecular complexity index is 683. The molecule has 1 amide bonds. The zero-order chi connectivity index (χ0) is 18.7. The maximum atomic E-state index is 13.2. The SMILES string of the molecule is COC(=O)C1CC2CCCCC2N1CCC(=O)Nc1ccc(F)c(F)c1. The fourth-order valence-electron chi connectivity index (χ4n) is 4.27. The van der Waals surface area contributed by atoms with Gasteiger partial charge in [-0.25, -0.2) is 8.78 Å². The lowest BCUT2D eigenvalue weighted by molar-refractivity contribution is -0.146. The number of esters is 1. The van der Waals surface area contributed by atoms with Gasteiger partial charge in [0.25, 0.3) is 0 Å². The van der Waals surface area contributed by atoms with E-state index < -0.39 is 11.6 Å². The number of methoxy groups -OCH3 is 1. The zero-order valence-electron chi connectivity index (χ0n) is 14.8. The van der Waals surface area contributed by atoms with Crippen LogP contribution in [0.25, 0.3) is 0 Å². The van der Waals surface area contributed by atoms with Gasteiger partial charge in [0.2, 0.25) is 5.91 Å². The number of fused-ring (bicyclic) bond motifs is 1. The summed E-state index contributed by atoms with van der Waals surface area (Å²) >= 11 is 0. The third-order valence-corrected chi connectivity index (χ3v) is 5.49. The third-order valence-electron chi connectivity index (χ3n) is 5.49. The van der Waals surface area contributed by atoms with Crippen molar-refractivity contribution in [1.82, 2.24) is 4.90 Å². The molecular formula is C19H24F2N2O3. The number of ether oxygens (including phenoxy) is 1. The van der Waals surface area contributed by atoms with Crippen LogP contribution in [0.4, 0.5) is 14.5 Å². The smallest absolute Gasteiger partial charge is 0.323 e. The lowest BCUT2D eigenvalue weighted by atomic mass is 9.85. The van der Waals surface area contributed by atoms with Crippen molar-refractivity contribution in [2.45, 2.75) is 50.6 Å². The molecule has 1 aromatic rings. The van der Waals surface area contributed by atoms with Gasteiger partial charge in [-0.15, -0.1) is 0 Å². The van der Waals surface area contributed by atoms with Crippen LogP contribution >= 0.6 is 0 Å². The van der Waals surface area contributed by atoms with Crippen molar-refractivity contribution < 1.29 is 23.1 Å². The third kappa shape index (κ3) is 4.03. The first kappa shape index (κ1) is 18.8. The first-order chi connectivity index (χ1) is 12.5. The van der Waals surface area contributed by atoms with Crippen LogP contribution in [0.5, 0.6) is 0 Å². The number of nitrogens with one attached hydrogen (secondary N) is 1. The summed E-state index contributed by atoms with van der Waals surface area (Å²) in [7, 11) is 1.39. The molecule has 3 atom stereocenters. The minimum absolute atomic E-state index is 0.176. The van der Waals surface area contributed by atoms with Crippen LogP contribution in [0, 0.1) is 17.6 Å². The van der Waals surface area contributed by atoms with Gasteiger partial charge >= 0.3 is 5.97 Å². The predicted octanol–water partition coefficient (Wildman–Crippen LogP) is 3.10. The summed E-state index contributed by atoms with van der Waals surface area (Å²) in [6.07, 6.45) is 5.41. The number of likely N-dealkylation sites (tertiary alicyclic amines) is 1. The number of carbonyl (C=O) groups is 2. The molecule has 0 radical (unpaired) electrons.